The molecule has 0 aromatic heterocycles. The van der Waals surface area contributed by atoms with Crippen LogP contribution in [-0.2, 0) is 0 Å². The predicted molar refractivity (Wildman–Crippen MR) is 102 cm³/mol. The van der Waals surface area contributed by atoms with Gasteiger partial charge in [-0.05, 0) is 80.6 Å². The molecule has 1 heterocycles. The predicted octanol–water partition coefficient (Wildman–Crippen LogP) is 4.88. The summed E-state index contributed by atoms with van der Waals surface area (Å²) in [5, 5.41) is 4.31. The van der Waals surface area contributed by atoms with E-state index in [4.69, 9.17) is 11.6 Å². The lowest BCUT2D eigenvalue weighted by atomic mass is 9.76. The fourth-order valence-corrected chi connectivity index (χ4v) is 3.72. The van der Waals surface area contributed by atoms with Gasteiger partial charge in [0.2, 0.25) is 0 Å². The van der Waals surface area contributed by atoms with Crippen molar-refractivity contribution >= 4 is 17.7 Å². The third-order valence-corrected chi connectivity index (χ3v) is 4.94. The normalized spacial score (nSPS) is 22.7. The maximum absolute atomic E-state index is 6.18. The molecule has 2 nitrogen and oxygen atoms in total. The summed E-state index contributed by atoms with van der Waals surface area (Å²) in [5.74, 6) is 1.41. The molecule has 3 rings (SSSR count). The van der Waals surface area contributed by atoms with Gasteiger partial charge in [0.1, 0.15) is 0 Å². The zero-order chi connectivity index (χ0) is 16.7. The largest absolute Gasteiger partial charge is 0.405 e. The van der Waals surface area contributed by atoms with Crippen LogP contribution in [0.4, 0.5) is 0 Å². The van der Waals surface area contributed by atoms with E-state index < -0.39 is 0 Å². The first-order valence-corrected chi connectivity index (χ1v) is 8.73. The number of piperidine rings is 1. The van der Waals surface area contributed by atoms with Gasteiger partial charge in [-0.1, -0.05) is 48.0 Å². The third-order valence-electron chi connectivity index (χ3n) is 4.70. The Morgan fingerprint density at radius 3 is 2.61 bits per heavy atom. The van der Waals surface area contributed by atoms with Crippen molar-refractivity contribution in [3.05, 3.63) is 64.9 Å². The van der Waals surface area contributed by atoms with Crippen molar-refractivity contribution in [2.24, 2.45) is 11.7 Å². The maximum Gasteiger partial charge on any atom is 0.0412 e. The van der Waals surface area contributed by atoms with Crippen LogP contribution in [0.5, 0.6) is 0 Å². The molecule has 23 heavy (non-hydrogen) atoms. The Morgan fingerprint density at radius 2 is 1.96 bits per heavy atom. The van der Waals surface area contributed by atoms with Gasteiger partial charge in [0, 0.05) is 5.02 Å². The second kappa shape index (κ2) is 8.95. The first kappa shape index (κ1) is 17.8. The standard InChI is InChI=1S/C18H22ClN.C2H5N/c1-2-13-3-4-15-12-16(19)5-6-17(15)18(11-13)14-7-9-20-10-8-14;1-2-3/h2-6,12,14,18,20H,7-11H2,1H3;2H,1,3H2/b13-2-;. The van der Waals surface area contributed by atoms with Crippen LogP contribution in [0.25, 0.3) is 6.08 Å². The Morgan fingerprint density at radius 1 is 1.26 bits per heavy atom. The molecular formula is C20H27ClN2. The summed E-state index contributed by atoms with van der Waals surface area (Å²) in [5.41, 5.74) is 8.84. The molecule has 0 spiro atoms. The van der Waals surface area contributed by atoms with E-state index in [1.807, 2.05) is 6.07 Å². The number of nitrogens with one attached hydrogen (secondary N) is 1. The number of halogens is 1. The lowest BCUT2D eigenvalue weighted by Gasteiger charge is -2.31. The highest BCUT2D eigenvalue weighted by Gasteiger charge is 2.27. The summed E-state index contributed by atoms with van der Waals surface area (Å²) in [6.45, 7) is 7.59. The second-order valence-electron chi connectivity index (χ2n) is 6.10. The summed E-state index contributed by atoms with van der Waals surface area (Å²) in [4.78, 5) is 0. The van der Waals surface area contributed by atoms with Gasteiger partial charge < -0.3 is 11.1 Å². The molecule has 0 radical (unpaired) electrons. The monoisotopic (exact) mass is 330 g/mol. The minimum absolute atomic E-state index is 0.630. The summed E-state index contributed by atoms with van der Waals surface area (Å²) in [7, 11) is 0. The number of benzene rings is 1. The third kappa shape index (κ3) is 4.73. The van der Waals surface area contributed by atoms with Crippen LogP contribution in [0.3, 0.4) is 0 Å². The van der Waals surface area contributed by atoms with Gasteiger partial charge >= 0.3 is 0 Å². The van der Waals surface area contributed by atoms with Gasteiger partial charge in [-0.15, -0.1) is 0 Å². The smallest absolute Gasteiger partial charge is 0.0412 e. The molecule has 124 valence electrons. The van der Waals surface area contributed by atoms with Crippen LogP contribution in [0.2, 0.25) is 5.02 Å². The molecule has 1 aromatic carbocycles. The summed E-state index contributed by atoms with van der Waals surface area (Å²) < 4.78 is 0. The number of hydrogen-bond donors (Lipinski definition) is 2. The molecule has 1 aliphatic carbocycles. The average molecular weight is 331 g/mol. The summed E-state index contributed by atoms with van der Waals surface area (Å²) in [6.07, 6.45) is 11.7. The first-order chi connectivity index (χ1) is 11.2. The highest BCUT2D eigenvalue weighted by molar-refractivity contribution is 6.30. The quantitative estimate of drug-likeness (QED) is 0.770. The fourth-order valence-electron chi connectivity index (χ4n) is 3.54. The van der Waals surface area contributed by atoms with E-state index in [-0.39, 0.29) is 0 Å². The topological polar surface area (TPSA) is 38.0 Å². The number of rotatable bonds is 1. The molecule has 0 bridgehead atoms. The van der Waals surface area contributed by atoms with Gasteiger partial charge in [0.25, 0.3) is 0 Å². The first-order valence-electron chi connectivity index (χ1n) is 8.35. The van der Waals surface area contributed by atoms with E-state index in [0.717, 1.165) is 30.5 Å². The summed E-state index contributed by atoms with van der Waals surface area (Å²) >= 11 is 6.18. The van der Waals surface area contributed by atoms with Crippen LogP contribution < -0.4 is 11.1 Å². The molecule has 1 fully saturated rings. The van der Waals surface area contributed by atoms with Crippen LogP contribution in [-0.4, -0.2) is 13.1 Å². The Hall–Kier alpha value is -1.51. The number of hydrogen-bond acceptors (Lipinski definition) is 2. The summed E-state index contributed by atoms with van der Waals surface area (Å²) in [6, 6.07) is 6.40. The Balaban J connectivity index is 0.000000595. The molecule has 1 aliphatic heterocycles. The molecule has 1 aromatic rings. The van der Waals surface area contributed by atoms with Gasteiger partial charge in [-0.25, -0.2) is 0 Å². The SMILES string of the molecule is C/C=C1/C=Cc2cc(Cl)ccc2C(C2CCNCC2)C1.C=CN. The molecule has 0 saturated carbocycles. The Kier molecular flexibility index (Phi) is 6.94. The van der Waals surface area contributed by atoms with Crippen molar-refractivity contribution in [3.8, 4) is 0 Å². The van der Waals surface area contributed by atoms with Gasteiger partial charge in [0.05, 0.1) is 0 Å². The van der Waals surface area contributed by atoms with Gasteiger partial charge in [-0.2, -0.15) is 0 Å². The average Bonchev–Trinajstić information content (AvgIpc) is 2.75. The second-order valence-corrected chi connectivity index (χ2v) is 6.54. The van der Waals surface area contributed by atoms with E-state index in [0.29, 0.717) is 5.92 Å². The highest BCUT2D eigenvalue weighted by atomic mass is 35.5. The Labute approximate surface area is 145 Å². The van der Waals surface area contributed by atoms with Crippen molar-refractivity contribution in [3.63, 3.8) is 0 Å². The van der Waals surface area contributed by atoms with Gasteiger partial charge in [-0.3, -0.25) is 0 Å². The maximum atomic E-state index is 6.18. The van der Waals surface area contributed by atoms with Crippen molar-refractivity contribution in [1.82, 2.24) is 5.32 Å². The van der Waals surface area contributed by atoms with Crippen LogP contribution in [0.15, 0.2) is 48.7 Å². The molecular weight excluding hydrogens is 304 g/mol. The van der Waals surface area contributed by atoms with Crippen molar-refractivity contribution in [1.29, 1.82) is 0 Å². The minimum atomic E-state index is 0.630. The number of allylic oxidation sites excluding steroid dienone is 3. The molecule has 3 N–H and O–H groups in total. The van der Waals surface area contributed by atoms with Crippen molar-refractivity contribution in [2.75, 3.05) is 13.1 Å². The van der Waals surface area contributed by atoms with Crippen molar-refractivity contribution < 1.29 is 0 Å². The molecule has 1 atom stereocenters. The number of fused-ring (bicyclic) bond motifs is 1. The van der Waals surface area contributed by atoms with E-state index in [1.165, 1.54) is 35.7 Å². The molecule has 3 heteroatoms. The van der Waals surface area contributed by atoms with Crippen molar-refractivity contribution in [2.45, 2.75) is 32.1 Å². The Bertz CT molecular complexity index is 583. The van der Waals surface area contributed by atoms with E-state index >= 15 is 0 Å². The zero-order valence-electron chi connectivity index (χ0n) is 13.9. The van der Waals surface area contributed by atoms with Crippen LogP contribution >= 0.6 is 11.6 Å². The zero-order valence-corrected chi connectivity index (χ0v) is 14.7. The molecule has 0 amide bonds. The van der Waals surface area contributed by atoms with Crippen LogP contribution in [0, 0.1) is 5.92 Å². The molecule has 1 unspecified atom stereocenters. The van der Waals surface area contributed by atoms with E-state index in [9.17, 15) is 0 Å². The lowest BCUT2D eigenvalue weighted by Crippen LogP contribution is -2.31. The minimum Gasteiger partial charge on any atom is -0.405 e. The molecule has 2 aliphatic rings. The highest BCUT2D eigenvalue weighted by Crippen LogP contribution is 2.40. The number of nitrogens with two attached hydrogens (primary N) is 1. The van der Waals surface area contributed by atoms with Gasteiger partial charge in [0.15, 0.2) is 0 Å². The molecule has 1 saturated heterocycles. The van der Waals surface area contributed by atoms with E-state index in [2.05, 4.69) is 54.9 Å². The lowest BCUT2D eigenvalue weighted by molar-refractivity contribution is 0.316. The fraction of sp³-hybridized carbons (Fsp3) is 0.400. The van der Waals surface area contributed by atoms with Crippen LogP contribution in [0.1, 0.15) is 43.2 Å². The van der Waals surface area contributed by atoms with E-state index in [1.54, 1.807) is 0 Å².